The first-order chi connectivity index (χ1) is 9.06. The highest BCUT2D eigenvalue weighted by atomic mass is 35.5. The van der Waals surface area contributed by atoms with Crippen LogP contribution >= 0.6 is 24.0 Å². The van der Waals surface area contributed by atoms with Crippen molar-refractivity contribution in [3.05, 3.63) is 38.9 Å². The number of carbonyl (C=O) groups is 1. The van der Waals surface area contributed by atoms with E-state index in [1.165, 1.54) is 18.2 Å². The highest BCUT2D eigenvalue weighted by Crippen LogP contribution is 2.21. The summed E-state index contributed by atoms with van der Waals surface area (Å²) in [6, 6.07) is 4.00. The van der Waals surface area contributed by atoms with E-state index in [0.29, 0.717) is 0 Å². The summed E-state index contributed by atoms with van der Waals surface area (Å²) in [6.45, 7) is 1.72. The third-order valence-electron chi connectivity index (χ3n) is 3.03. The van der Waals surface area contributed by atoms with Gasteiger partial charge in [-0.15, -0.1) is 12.4 Å². The summed E-state index contributed by atoms with van der Waals surface area (Å²) in [4.78, 5) is 22.2. The number of rotatable bonds is 3. The number of amides is 1. The van der Waals surface area contributed by atoms with E-state index in [2.05, 4.69) is 10.6 Å². The smallest absolute Gasteiger partial charge is 0.271 e. The summed E-state index contributed by atoms with van der Waals surface area (Å²) in [7, 11) is 0. The number of nitro benzene ring substituents is 1. The van der Waals surface area contributed by atoms with Crippen molar-refractivity contribution in [1.82, 2.24) is 10.6 Å². The van der Waals surface area contributed by atoms with Gasteiger partial charge in [-0.25, -0.2) is 0 Å². The maximum Gasteiger partial charge on any atom is 0.271 e. The van der Waals surface area contributed by atoms with Crippen LogP contribution in [0.1, 0.15) is 23.2 Å². The van der Waals surface area contributed by atoms with Gasteiger partial charge >= 0.3 is 0 Å². The lowest BCUT2D eigenvalue weighted by atomic mass is 10.1. The van der Waals surface area contributed by atoms with Gasteiger partial charge < -0.3 is 10.6 Å². The zero-order valence-electron chi connectivity index (χ0n) is 10.6. The van der Waals surface area contributed by atoms with E-state index >= 15 is 0 Å². The molecule has 0 unspecified atom stereocenters. The van der Waals surface area contributed by atoms with Gasteiger partial charge in [0.15, 0.2) is 0 Å². The van der Waals surface area contributed by atoms with E-state index in [1.54, 1.807) is 0 Å². The molecule has 2 N–H and O–H groups in total. The van der Waals surface area contributed by atoms with Crippen molar-refractivity contribution < 1.29 is 9.72 Å². The van der Waals surface area contributed by atoms with Gasteiger partial charge in [0.2, 0.25) is 0 Å². The molecule has 6 nitrogen and oxygen atoms in total. The molecule has 1 aromatic rings. The molecule has 8 heteroatoms. The molecule has 110 valence electrons. The van der Waals surface area contributed by atoms with Gasteiger partial charge in [-0.05, 0) is 32.0 Å². The van der Waals surface area contributed by atoms with Crippen molar-refractivity contribution in [2.75, 3.05) is 13.1 Å². The van der Waals surface area contributed by atoms with Crippen LogP contribution in [0.3, 0.4) is 0 Å². The molecular formula is C12H15Cl2N3O3. The van der Waals surface area contributed by atoms with Gasteiger partial charge in [0.05, 0.1) is 4.92 Å². The number of hydrogen-bond acceptors (Lipinski definition) is 4. The molecule has 1 aromatic carbocycles. The zero-order valence-corrected chi connectivity index (χ0v) is 12.2. The number of nitrogens with one attached hydrogen (secondary N) is 2. The number of hydrogen-bond donors (Lipinski definition) is 2. The van der Waals surface area contributed by atoms with Crippen LogP contribution in [0.4, 0.5) is 5.69 Å². The Balaban J connectivity index is 0.00000200. The number of piperidine rings is 1. The number of non-ortho nitro benzene ring substituents is 1. The summed E-state index contributed by atoms with van der Waals surface area (Å²) in [5.74, 6) is -0.322. The number of nitro groups is 1. The van der Waals surface area contributed by atoms with Gasteiger partial charge in [-0.1, -0.05) is 11.6 Å². The highest BCUT2D eigenvalue weighted by molar-refractivity contribution is 6.31. The molecule has 0 radical (unpaired) electrons. The number of halogens is 2. The van der Waals surface area contributed by atoms with E-state index in [0.717, 1.165) is 25.9 Å². The fourth-order valence-electron chi connectivity index (χ4n) is 2.05. The van der Waals surface area contributed by atoms with Crippen molar-refractivity contribution in [2.24, 2.45) is 0 Å². The number of benzene rings is 1. The number of nitrogens with zero attached hydrogens (tertiary/aromatic N) is 1. The normalized spacial score (nSPS) is 15.2. The monoisotopic (exact) mass is 319 g/mol. The molecule has 0 spiro atoms. The molecule has 1 saturated heterocycles. The van der Waals surface area contributed by atoms with Crippen molar-refractivity contribution in [1.29, 1.82) is 0 Å². The van der Waals surface area contributed by atoms with Crippen LogP contribution < -0.4 is 10.6 Å². The molecule has 0 bridgehead atoms. The Bertz CT molecular complexity index is 505. The topological polar surface area (TPSA) is 84.3 Å². The summed E-state index contributed by atoms with van der Waals surface area (Å²) in [5, 5.41) is 17.0. The summed E-state index contributed by atoms with van der Waals surface area (Å²) in [6.07, 6.45) is 1.71. The van der Waals surface area contributed by atoms with Gasteiger partial charge in [0.25, 0.3) is 11.6 Å². The van der Waals surface area contributed by atoms with Crippen LogP contribution in [-0.4, -0.2) is 30.0 Å². The maximum absolute atomic E-state index is 12.0. The third kappa shape index (κ3) is 4.33. The van der Waals surface area contributed by atoms with E-state index < -0.39 is 4.92 Å². The van der Waals surface area contributed by atoms with Crippen LogP contribution in [0.2, 0.25) is 5.02 Å². The lowest BCUT2D eigenvalue weighted by Crippen LogP contribution is -2.42. The van der Waals surface area contributed by atoms with E-state index in [4.69, 9.17) is 11.6 Å². The lowest BCUT2D eigenvalue weighted by Gasteiger charge is -2.23. The molecule has 2 rings (SSSR count). The molecule has 1 heterocycles. The van der Waals surface area contributed by atoms with Crippen molar-refractivity contribution in [3.63, 3.8) is 0 Å². The molecule has 0 atom stereocenters. The summed E-state index contributed by atoms with van der Waals surface area (Å²) in [5.41, 5.74) is 0.0423. The van der Waals surface area contributed by atoms with E-state index in [1.807, 2.05) is 0 Å². The van der Waals surface area contributed by atoms with E-state index in [9.17, 15) is 14.9 Å². The molecule has 20 heavy (non-hydrogen) atoms. The maximum atomic E-state index is 12.0. The van der Waals surface area contributed by atoms with Crippen molar-refractivity contribution in [2.45, 2.75) is 18.9 Å². The average Bonchev–Trinajstić information content (AvgIpc) is 2.39. The zero-order chi connectivity index (χ0) is 13.8. The third-order valence-corrected chi connectivity index (χ3v) is 3.25. The Hall–Kier alpha value is -1.37. The van der Waals surface area contributed by atoms with Gasteiger partial charge in [-0.2, -0.15) is 0 Å². The predicted octanol–water partition coefficient (Wildman–Crippen LogP) is 2.15. The summed E-state index contributed by atoms with van der Waals surface area (Å²) < 4.78 is 0. The van der Waals surface area contributed by atoms with Gasteiger partial charge in [0.1, 0.15) is 0 Å². The Morgan fingerprint density at radius 3 is 2.60 bits per heavy atom. The Labute approximate surface area is 127 Å². The molecule has 0 saturated carbocycles. The minimum absolute atomic E-state index is 0. The molecule has 1 fully saturated rings. The van der Waals surface area contributed by atoms with Crippen LogP contribution in [0.25, 0.3) is 0 Å². The van der Waals surface area contributed by atoms with E-state index in [-0.39, 0.29) is 40.6 Å². The minimum Gasteiger partial charge on any atom is -0.349 e. The van der Waals surface area contributed by atoms with Crippen LogP contribution in [0.15, 0.2) is 18.2 Å². The molecule has 0 aromatic heterocycles. The standard InChI is InChI=1S/C12H14ClN3O3.ClH/c13-9-5-8(6-11(7-9)16(18)19)12(17)15-10-1-3-14-4-2-10;/h5-7,10,14H,1-4H2,(H,15,17);1H. The first-order valence-corrected chi connectivity index (χ1v) is 6.40. The lowest BCUT2D eigenvalue weighted by molar-refractivity contribution is -0.384. The SMILES string of the molecule is Cl.O=C(NC1CCNCC1)c1cc(Cl)cc([N+](=O)[O-])c1. The first kappa shape index (κ1) is 16.7. The first-order valence-electron chi connectivity index (χ1n) is 6.03. The fourth-order valence-corrected chi connectivity index (χ4v) is 2.27. The Kier molecular flexibility index (Phi) is 6.19. The van der Waals surface area contributed by atoms with Gasteiger partial charge in [-0.3, -0.25) is 14.9 Å². The van der Waals surface area contributed by atoms with Crippen LogP contribution in [-0.2, 0) is 0 Å². The Morgan fingerprint density at radius 2 is 2.00 bits per heavy atom. The second-order valence-electron chi connectivity index (χ2n) is 4.45. The predicted molar refractivity (Wildman–Crippen MR) is 78.7 cm³/mol. The quantitative estimate of drug-likeness (QED) is 0.660. The highest BCUT2D eigenvalue weighted by Gasteiger charge is 2.18. The van der Waals surface area contributed by atoms with Crippen LogP contribution in [0.5, 0.6) is 0 Å². The second-order valence-corrected chi connectivity index (χ2v) is 4.89. The second kappa shape index (κ2) is 7.42. The van der Waals surface area contributed by atoms with Crippen molar-refractivity contribution >= 4 is 35.6 Å². The molecule has 1 aliphatic heterocycles. The van der Waals surface area contributed by atoms with Crippen molar-refractivity contribution in [3.8, 4) is 0 Å². The molecule has 1 aliphatic rings. The summed E-state index contributed by atoms with van der Waals surface area (Å²) >= 11 is 5.79. The van der Waals surface area contributed by atoms with Gasteiger partial charge in [0, 0.05) is 28.8 Å². The number of carbonyl (C=O) groups excluding carboxylic acids is 1. The fraction of sp³-hybridized carbons (Fsp3) is 0.417. The molecule has 0 aliphatic carbocycles. The van der Waals surface area contributed by atoms with Crippen LogP contribution in [0, 0.1) is 10.1 Å². The largest absolute Gasteiger partial charge is 0.349 e. The molecule has 1 amide bonds. The molecular weight excluding hydrogens is 305 g/mol. The minimum atomic E-state index is -0.562. The Morgan fingerprint density at radius 1 is 1.35 bits per heavy atom. The average molecular weight is 320 g/mol.